The van der Waals surface area contributed by atoms with E-state index in [1.165, 1.54) is 6.07 Å². The van der Waals surface area contributed by atoms with Crippen LogP contribution in [0.2, 0.25) is 5.02 Å². The lowest BCUT2D eigenvalue weighted by Gasteiger charge is -2.08. The normalized spacial score (nSPS) is 10.3. The van der Waals surface area contributed by atoms with E-state index in [0.717, 1.165) is 5.56 Å². The number of hydrogen-bond acceptors (Lipinski definition) is 2. The number of methoxy groups -OCH3 is 1. The highest BCUT2D eigenvalue weighted by molar-refractivity contribution is 6.31. The molecule has 0 unspecified atom stereocenters. The molecule has 0 aromatic heterocycles. The molecule has 0 radical (unpaired) electrons. The van der Waals surface area contributed by atoms with Crippen molar-refractivity contribution in [1.82, 2.24) is 0 Å². The van der Waals surface area contributed by atoms with Gasteiger partial charge in [-0.05, 0) is 17.7 Å². The minimum absolute atomic E-state index is 0.0147. The summed E-state index contributed by atoms with van der Waals surface area (Å²) in [4.78, 5) is 12.1. The van der Waals surface area contributed by atoms with Crippen LogP contribution in [0.15, 0.2) is 42.5 Å². The van der Waals surface area contributed by atoms with Gasteiger partial charge in [0.05, 0.1) is 12.1 Å². The first kappa shape index (κ1) is 14.5. The first-order valence-corrected chi connectivity index (χ1v) is 6.56. The number of Topliss-reactive ketones (excluding diaryl/α,β-unsaturated/α-hetero) is 1. The van der Waals surface area contributed by atoms with E-state index in [9.17, 15) is 9.18 Å². The first-order chi connectivity index (χ1) is 9.61. The van der Waals surface area contributed by atoms with E-state index in [0.29, 0.717) is 11.3 Å². The standard InChI is InChI=1S/C16H14ClFO2/c1-20-15-8-3-2-5-11(15)9-13(19)10-12-6-4-7-14(18)16(12)17/h2-8H,9-10H2,1H3. The van der Waals surface area contributed by atoms with Gasteiger partial charge in [-0.15, -0.1) is 0 Å². The Bertz CT molecular complexity index is 626. The van der Waals surface area contributed by atoms with E-state index >= 15 is 0 Å². The second-order valence-corrected chi connectivity index (χ2v) is 4.79. The van der Waals surface area contributed by atoms with Gasteiger partial charge < -0.3 is 4.74 Å². The van der Waals surface area contributed by atoms with Gasteiger partial charge >= 0.3 is 0 Å². The van der Waals surface area contributed by atoms with Gasteiger partial charge in [0.1, 0.15) is 17.3 Å². The summed E-state index contributed by atoms with van der Waals surface area (Å²) in [6.07, 6.45) is 0.339. The van der Waals surface area contributed by atoms with E-state index in [1.54, 1.807) is 25.3 Å². The van der Waals surface area contributed by atoms with Crippen molar-refractivity contribution in [2.24, 2.45) is 0 Å². The molecule has 2 aromatic rings. The van der Waals surface area contributed by atoms with Gasteiger partial charge in [0, 0.05) is 18.4 Å². The second kappa shape index (κ2) is 6.53. The number of hydrogen-bond donors (Lipinski definition) is 0. The molecule has 0 saturated carbocycles. The Labute approximate surface area is 122 Å². The maximum atomic E-state index is 13.3. The summed E-state index contributed by atoms with van der Waals surface area (Å²) in [6.45, 7) is 0. The number of ether oxygens (including phenoxy) is 1. The third-order valence-corrected chi connectivity index (χ3v) is 3.42. The van der Waals surface area contributed by atoms with Gasteiger partial charge in [-0.2, -0.15) is 0 Å². The summed E-state index contributed by atoms with van der Waals surface area (Å²) >= 11 is 5.85. The van der Waals surface area contributed by atoms with Crippen LogP contribution >= 0.6 is 11.6 Å². The lowest BCUT2D eigenvalue weighted by atomic mass is 10.0. The minimum Gasteiger partial charge on any atom is -0.496 e. The molecule has 0 fully saturated rings. The molecule has 104 valence electrons. The van der Waals surface area contributed by atoms with Crippen LogP contribution in [0.1, 0.15) is 11.1 Å². The molecule has 0 aliphatic rings. The van der Waals surface area contributed by atoms with Gasteiger partial charge in [-0.25, -0.2) is 4.39 Å². The van der Waals surface area contributed by atoms with Crippen molar-refractivity contribution >= 4 is 17.4 Å². The molecule has 0 aliphatic heterocycles. The zero-order valence-corrected chi connectivity index (χ0v) is 11.8. The number of ketones is 1. The third kappa shape index (κ3) is 3.36. The van der Waals surface area contributed by atoms with Crippen molar-refractivity contribution in [1.29, 1.82) is 0 Å². The number of halogens is 2. The molecule has 0 atom stereocenters. The van der Waals surface area contributed by atoms with Gasteiger partial charge in [-0.1, -0.05) is 41.9 Å². The second-order valence-electron chi connectivity index (χ2n) is 4.42. The fourth-order valence-electron chi connectivity index (χ4n) is 2.02. The topological polar surface area (TPSA) is 26.3 Å². The third-order valence-electron chi connectivity index (χ3n) is 3.00. The molecule has 0 amide bonds. The molecule has 0 heterocycles. The minimum atomic E-state index is -0.505. The fourth-order valence-corrected chi connectivity index (χ4v) is 2.21. The Kier molecular flexibility index (Phi) is 4.74. The average molecular weight is 293 g/mol. The summed E-state index contributed by atoms with van der Waals surface area (Å²) in [6, 6.07) is 11.8. The molecule has 0 saturated heterocycles. The molecular weight excluding hydrogens is 279 g/mol. The Balaban J connectivity index is 2.11. The van der Waals surface area contributed by atoms with Crippen LogP contribution in [0.4, 0.5) is 4.39 Å². The highest BCUT2D eigenvalue weighted by atomic mass is 35.5. The number of carbonyl (C=O) groups excluding carboxylic acids is 1. The van der Waals surface area contributed by atoms with Crippen molar-refractivity contribution in [2.45, 2.75) is 12.8 Å². The van der Waals surface area contributed by atoms with Crippen LogP contribution in [0.5, 0.6) is 5.75 Å². The lowest BCUT2D eigenvalue weighted by Crippen LogP contribution is -2.08. The molecule has 0 spiro atoms. The smallest absolute Gasteiger partial charge is 0.142 e. The predicted octanol–water partition coefficient (Wildman–Crippen LogP) is 3.84. The van der Waals surface area contributed by atoms with Crippen molar-refractivity contribution in [3.63, 3.8) is 0 Å². The summed E-state index contributed by atoms with van der Waals surface area (Å²) < 4.78 is 18.5. The average Bonchev–Trinajstić information content (AvgIpc) is 2.44. The molecule has 0 N–H and O–H groups in total. The zero-order chi connectivity index (χ0) is 14.5. The van der Waals surface area contributed by atoms with Gasteiger partial charge in [-0.3, -0.25) is 4.79 Å². The van der Waals surface area contributed by atoms with Crippen LogP contribution in [0.3, 0.4) is 0 Å². The SMILES string of the molecule is COc1ccccc1CC(=O)Cc1cccc(F)c1Cl. The molecule has 2 aromatic carbocycles. The first-order valence-electron chi connectivity index (χ1n) is 6.18. The molecule has 2 nitrogen and oxygen atoms in total. The van der Waals surface area contributed by atoms with E-state index in [-0.39, 0.29) is 23.6 Å². The Morgan fingerprint density at radius 3 is 2.50 bits per heavy atom. The van der Waals surface area contributed by atoms with E-state index < -0.39 is 5.82 Å². The maximum absolute atomic E-state index is 13.3. The summed E-state index contributed by atoms with van der Waals surface area (Å²) in [5.74, 6) is 0.127. The van der Waals surface area contributed by atoms with Crippen molar-refractivity contribution in [3.05, 3.63) is 64.4 Å². The highest BCUT2D eigenvalue weighted by Gasteiger charge is 2.12. The number of benzene rings is 2. The monoisotopic (exact) mass is 292 g/mol. The lowest BCUT2D eigenvalue weighted by molar-refractivity contribution is -0.117. The number of rotatable bonds is 5. The van der Waals surface area contributed by atoms with Crippen molar-refractivity contribution < 1.29 is 13.9 Å². The number of carbonyl (C=O) groups is 1. The van der Waals surface area contributed by atoms with Crippen LogP contribution in [0, 0.1) is 5.82 Å². The Hall–Kier alpha value is -1.87. The van der Waals surface area contributed by atoms with Crippen LogP contribution in [0.25, 0.3) is 0 Å². The van der Waals surface area contributed by atoms with E-state index in [4.69, 9.17) is 16.3 Å². The maximum Gasteiger partial charge on any atom is 0.142 e. The summed E-state index contributed by atoms with van der Waals surface area (Å²) in [7, 11) is 1.56. The Morgan fingerprint density at radius 1 is 1.10 bits per heavy atom. The molecule has 2 rings (SSSR count). The van der Waals surface area contributed by atoms with E-state index in [2.05, 4.69) is 0 Å². The highest BCUT2D eigenvalue weighted by Crippen LogP contribution is 2.22. The summed E-state index contributed by atoms with van der Waals surface area (Å²) in [5.41, 5.74) is 1.32. The van der Waals surface area contributed by atoms with Crippen molar-refractivity contribution in [2.75, 3.05) is 7.11 Å². The molecule has 0 bridgehead atoms. The van der Waals surface area contributed by atoms with Gasteiger partial charge in [0.15, 0.2) is 0 Å². The van der Waals surface area contributed by atoms with Gasteiger partial charge in [0.2, 0.25) is 0 Å². The van der Waals surface area contributed by atoms with Crippen molar-refractivity contribution in [3.8, 4) is 5.75 Å². The molecule has 20 heavy (non-hydrogen) atoms. The quantitative estimate of drug-likeness (QED) is 0.837. The summed E-state index contributed by atoms with van der Waals surface area (Å²) in [5, 5.41) is 0.0147. The molecular formula is C16H14ClFO2. The fraction of sp³-hybridized carbons (Fsp3) is 0.188. The van der Waals surface area contributed by atoms with Gasteiger partial charge in [0.25, 0.3) is 0 Å². The Morgan fingerprint density at radius 2 is 1.75 bits per heavy atom. The largest absolute Gasteiger partial charge is 0.496 e. The van der Waals surface area contributed by atoms with Crippen LogP contribution < -0.4 is 4.74 Å². The van der Waals surface area contributed by atoms with Crippen LogP contribution in [-0.2, 0) is 17.6 Å². The van der Waals surface area contributed by atoms with Crippen LogP contribution in [-0.4, -0.2) is 12.9 Å². The van der Waals surface area contributed by atoms with E-state index in [1.807, 2.05) is 18.2 Å². The zero-order valence-electron chi connectivity index (χ0n) is 11.0. The number of para-hydroxylation sites is 1. The molecule has 4 heteroatoms. The molecule has 0 aliphatic carbocycles. The predicted molar refractivity (Wildman–Crippen MR) is 76.8 cm³/mol.